The van der Waals surface area contributed by atoms with Gasteiger partial charge >= 0.3 is 0 Å². The molecule has 0 spiro atoms. The number of methoxy groups -OCH3 is 1. The lowest BCUT2D eigenvalue weighted by Gasteiger charge is -2.23. The van der Waals surface area contributed by atoms with Crippen LogP contribution in [-0.4, -0.2) is 40.8 Å². The number of sulfonamides is 1. The van der Waals surface area contributed by atoms with Crippen LogP contribution in [0.4, 0.5) is 5.69 Å². The number of benzene rings is 2. The number of halogens is 1. The van der Waals surface area contributed by atoms with Crippen LogP contribution in [0, 0.1) is 6.92 Å². The summed E-state index contributed by atoms with van der Waals surface area (Å²) in [6.45, 7) is 2.09. The van der Waals surface area contributed by atoms with Crippen molar-refractivity contribution in [2.75, 3.05) is 30.8 Å². The third-order valence-corrected chi connectivity index (χ3v) is 5.40. The van der Waals surface area contributed by atoms with E-state index >= 15 is 0 Å². The first-order valence-corrected chi connectivity index (χ1v) is 10.1. The molecular weight excluding hydrogens is 376 g/mol. The van der Waals surface area contributed by atoms with E-state index in [9.17, 15) is 13.2 Å². The highest BCUT2D eigenvalue weighted by Gasteiger charge is 2.18. The highest BCUT2D eigenvalue weighted by atomic mass is 35.5. The van der Waals surface area contributed by atoms with Gasteiger partial charge in [-0.3, -0.25) is 9.10 Å². The van der Waals surface area contributed by atoms with Crippen LogP contribution in [0.5, 0.6) is 5.75 Å². The number of carbonyl (C=O) groups is 1. The van der Waals surface area contributed by atoms with E-state index in [2.05, 4.69) is 5.32 Å². The van der Waals surface area contributed by atoms with Crippen LogP contribution in [-0.2, 0) is 10.0 Å². The topological polar surface area (TPSA) is 75.7 Å². The molecule has 0 atom stereocenters. The predicted molar refractivity (Wildman–Crippen MR) is 104 cm³/mol. The van der Waals surface area contributed by atoms with Gasteiger partial charge < -0.3 is 10.1 Å². The Morgan fingerprint density at radius 3 is 2.38 bits per heavy atom. The normalized spacial score (nSPS) is 11.1. The molecule has 0 fully saturated rings. The number of carbonyl (C=O) groups excluding carboxylic acids is 1. The summed E-state index contributed by atoms with van der Waals surface area (Å²) in [5.41, 5.74) is 1.79. The summed E-state index contributed by atoms with van der Waals surface area (Å²) < 4.78 is 30.5. The van der Waals surface area contributed by atoms with Gasteiger partial charge in [-0.2, -0.15) is 0 Å². The third kappa shape index (κ3) is 5.12. The lowest BCUT2D eigenvalue weighted by atomic mass is 10.2. The van der Waals surface area contributed by atoms with Crippen LogP contribution in [0.25, 0.3) is 0 Å². The third-order valence-electron chi connectivity index (χ3n) is 3.80. The number of nitrogens with one attached hydrogen (secondary N) is 1. The SMILES string of the molecule is COc1ccc(C(=O)NCCN(c2ccc(C)c(Cl)c2)S(C)(=O)=O)cc1. The summed E-state index contributed by atoms with van der Waals surface area (Å²) in [5.74, 6) is 0.365. The summed E-state index contributed by atoms with van der Waals surface area (Å²) in [4.78, 5) is 12.2. The van der Waals surface area contributed by atoms with Crippen LogP contribution >= 0.6 is 11.6 Å². The summed E-state index contributed by atoms with van der Waals surface area (Å²) in [6.07, 6.45) is 1.12. The molecular formula is C18H21ClN2O4S. The number of hydrogen-bond acceptors (Lipinski definition) is 4. The first-order chi connectivity index (χ1) is 12.2. The Hall–Kier alpha value is -2.25. The summed E-state index contributed by atoms with van der Waals surface area (Å²) in [7, 11) is -1.96. The highest BCUT2D eigenvalue weighted by Crippen LogP contribution is 2.24. The maximum atomic E-state index is 12.2. The van der Waals surface area contributed by atoms with Crippen LogP contribution in [0.2, 0.25) is 5.02 Å². The number of anilines is 1. The van der Waals surface area contributed by atoms with Gasteiger partial charge in [0.1, 0.15) is 5.75 Å². The maximum Gasteiger partial charge on any atom is 0.251 e. The fourth-order valence-corrected chi connectivity index (χ4v) is 3.43. The van der Waals surface area contributed by atoms with Crippen molar-refractivity contribution in [1.29, 1.82) is 0 Å². The molecule has 0 radical (unpaired) electrons. The Balaban J connectivity index is 2.05. The number of ether oxygens (including phenoxy) is 1. The molecule has 1 N–H and O–H groups in total. The van der Waals surface area contributed by atoms with Gasteiger partial charge in [-0.05, 0) is 48.9 Å². The molecule has 6 nitrogen and oxygen atoms in total. The average Bonchev–Trinajstić information content (AvgIpc) is 2.60. The summed E-state index contributed by atoms with van der Waals surface area (Å²) >= 11 is 6.10. The van der Waals surface area contributed by atoms with Crippen molar-refractivity contribution < 1.29 is 17.9 Å². The van der Waals surface area contributed by atoms with Gasteiger partial charge in [-0.25, -0.2) is 8.42 Å². The van der Waals surface area contributed by atoms with Gasteiger partial charge in [0.15, 0.2) is 0 Å². The monoisotopic (exact) mass is 396 g/mol. The molecule has 2 rings (SSSR count). The predicted octanol–water partition coefficient (Wildman–Crippen LogP) is 2.85. The zero-order chi connectivity index (χ0) is 19.3. The second-order valence-electron chi connectivity index (χ2n) is 5.75. The van der Waals surface area contributed by atoms with E-state index in [1.807, 2.05) is 6.92 Å². The van der Waals surface area contributed by atoms with Crippen LogP contribution < -0.4 is 14.4 Å². The maximum absolute atomic E-state index is 12.2. The molecule has 140 valence electrons. The minimum Gasteiger partial charge on any atom is -0.497 e. The van der Waals surface area contributed by atoms with Gasteiger partial charge in [0.25, 0.3) is 5.91 Å². The van der Waals surface area contributed by atoms with Crippen LogP contribution in [0.3, 0.4) is 0 Å². The molecule has 0 aliphatic carbocycles. The van der Waals surface area contributed by atoms with Crippen LogP contribution in [0.15, 0.2) is 42.5 Å². The molecule has 1 amide bonds. The fourth-order valence-electron chi connectivity index (χ4n) is 2.34. The Labute approximate surface area is 158 Å². The van der Waals surface area contributed by atoms with E-state index in [0.717, 1.165) is 11.8 Å². The molecule has 0 heterocycles. The number of nitrogens with zero attached hydrogens (tertiary/aromatic N) is 1. The molecule has 0 saturated carbocycles. The zero-order valence-corrected chi connectivity index (χ0v) is 16.4. The second kappa shape index (κ2) is 8.42. The molecule has 0 aliphatic rings. The number of amides is 1. The molecule has 8 heteroatoms. The number of rotatable bonds is 7. The minimum absolute atomic E-state index is 0.0973. The Morgan fingerprint density at radius 1 is 1.19 bits per heavy atom. The molecule has 0 aliphatic heterocycles. The van der Waals surface area contributed by atoms with Crippen molar-refractivity contribution in [3.63, 3.8) is 0 Å². The number of hydrogen-bond donors (Lipinski definition) is 1. The van der Waals surface area contributed by atoms with E-state index in [0.29, 0.717) is 22.0 Å². The standard InChI is InChI=1S/C18H21ClN2O4S/c1-13-4-7-15(12-17(13)19)21(26(3,23)24)11-10-20-18(22)14-5-8-16(25-2)9-6-14/h4-9,12H,10-11H2,1-3H3,(H,20,22). The van der Waals surface area contributed by atoms with E-state index in [-0.39, 0.29) is 19.0 Å². The molecule has 0 bridgehead atoms. The smallest absolute Gasteiger partial charge is 0.251 e. The Morgan fingerprint density at radius 2 is 1.85 bits per heavy atom. The zero-order valence-electron chi connectivity index (χ0n) is 14.8. The average molecular weight is 397 g/mol. The lowest BCUT2D eigenvalue weighted by molar-refractivity contribution is 0.0955. The van der Waals surface area contributed by atoms with Gasteiger partial charge in [0.05, 0.1) is 25.6 Å². The summed E-state index contributed by atoms with van der Waals surface area (Å²) in [5, 5.41) is 3.20. The van der Waals surface area contributed by atoms with Crippen molar-refractivity contribution in [3.05, 3.63) is 58.6 Å². The largest absolute Gasteiger partial charge is 0.497 e. The van der Waals surface area contributed by atoms with Crippen molar-refractivity contribution >= 4 is 33.2 Å². The fraction of sp³-hybridized carbons (Fsp3) is 0.278. The van der Waals surface area contributed by atoms with E-state index in [4.69, 9.17) is 16.3 Å². The lowest BCUT2D eigenvalue weighted by Crippen LogP contribution is -2.38. The Kier molecular flexibility index (Phi) is 6.50. The van der Waals surface area contributed by atoms with Gasteiger partial charge in [-0.15, -0.1) is 0 Å². The summed E-state index contributed by atoms with van der Waals surface area (Å²) in [6, 6.07) is 11.7. The Bertz CT molecular complexity index is 883. The van der Waals surface area contributed by atoms with E-state index in [1.54, 1.807) is 49.6 Å². The quantitative estimate of drug-likeness (QED) is 0.780. The first kappa shape index (κ1) is 20.1. The van der Waals surface area contributed by atoms with Crippen molar-refractivity contribution in [1.82, 2.24) is 5.32 Å². The van der Waals surface area contributed by atoms with Gasteiger partial charge in [0, 0.05) is 17.1 Å². The molecule has 2 aromatic rings. The number of aryl methyl sites for hydroxylation is 1. The molecule has 2 aromatic carbocycles. The van der Waals surface area contributed by atoms with Gasteiger partial charge in [0.2, 0.25) is 10.0 Å². The van der Waals surface area contributed by atoms with Crippen molar-refractivity contribution in [2.45, 2.75) is 6.92 Å². The molecule has 0 saturated heterocycles. The van der Waals surface area contributed by atoms with Crippen molar-refractivity contribution in [3.8, 4) is 5.75 Å². The second-order valence-corrected chi connectivity index (χ2v) is 8.07. The van der Waals surface area contributed by atoms with Crippen molar-refractivity contribution in [2.24, 2.45) is 0 Å². The van der Waals surface area contributed by atoms with E-state index in [1.165, 1.54) is 4.31 Å². The van der Waals surface area contributed by atoms with Gasteiger partial charge in [-0.1, -0.05) is 17.7 Å². The van der Waals surface area contributed by atoms with E-state index < -0.39 is 10.0 Å². The first-order valence-electron chi connectivity index (χ1n) is 7.88. The minimum atomic E-state index is -3.51. The van der Waals surface area contributed by atoms with Crippen LogP contribution in [0.1, 0.15) is 15.9 Å². The molecule has 0 unspecified atom stereocenters. The highest BCUT2D eigenvalue weighted by molar-refractivity contribution is 7.92. The molecule has 26 heavy (non-hydrogen) atoms. The molecule has 0 aromatic heterocycles.